The van der Waals surface area contributed by atoms with Gasteiger partial charge in [0.2, 0.25) is 0 Å². The molecule has 0 aliphatic carbocycles. The second-order valence-electron chi connectivity index (χ2n) is 3.69. The summed E-state index contributed by atoms with van der Waals surface area (Å²) in [7, 11) is 0. The molecule has 0 saturated carbocycles. The minimum atomic E-state index is -4.56. The van der Waals surface area contributed by atoms with Crippen molar-refractivity contribution in [1.82, 2.24) is 0 Å². The molecule has 0 saturated heterocycles. The van der Waals surface area contributed by atoms with E-state index in [0.717, 1.165) is 12.1 Å². The molecule has 18 heavy (non-hydrogen) atoms. The molecular weight excluding hydrogens is 247 g/mol. The maximum absolute atomic E-state index is 12.7. The van der Waals surface area contributed by atoms with Crippen molar-refractivity contribution in [3.8, 4) is 0 Å². The Kier molecular flexibility index (Phi) is 4.72. The number of likely N-dealkylation sites (N-methyl/N-ethyl adjacent to an activating group) is 1. The maximum atomic E-state index is 12.7. The van der Waals surface area contributed by atoms with Gasteiger partial charge in [-0.05, 0) is 25.1 Å². The van der Waals surface area contributed by atoms with Crippen LogP contribution in [0.2, 0.25) is 0 Å². The number of halogens is 3. The molecule has 0 heterocycles. The van der Waals surface area contributed by atoms with Crippen LogP contribution in [0.1, 0.15) is 22.8 Å². The average molecular weight is 261 g/mol. The number of carbonyl (C=O) groups is 1. The van der Waals surface area contributed by atoms with Crippen molar-refractivity contribution in [3.05, 3.63) is 29.3 Å². The topological polar surface area (TPSA) is 40.5 Å². The largest absolute Gasteiger partial charge is 0.417 e. The first kappa shape index (κ1) is 14.5. The molecule has 6 heteroatoms. The van der Waals surface area contributed by atoms with Gasteiger partial charge in [0.15, 0.2) is 6.29 Å². The first-order valence-corrected chi connectivity index (χ1v) is 5.46. The molecule has 1 N–H and O–H groups in total. The molecule has 0 radical (unpaired) electrons. The van der Waals surface area contributed by atoms with Crippen LogP contribution in [-0.4, -0.2) is 31.1 Å². The molecule has 0 aliphatic rings. The normalized spacial score (nSPS) is 11.4. The monoisotopic (exact) mass is 261 g/mol. The Labute approximate surface area is 103 Å². The average Bonchev–Trinajstić information content (AvgIpc) is 2.34. The summed E-state index contributed by atoms with van der Waals surface area (Å²) in [4.78, 5) is 12.2. The second-order valence-corrected chi connectivity index (χ2v) is 3.69. The Balaban J connectivity index is 3.21. The van der Waals surface area contributed by atoms with E-state index < -0.39 is 11.7 Å². The summed E-state index contributed by atoms with van der Waals surface area (Å²) in [6, 6.07) is 3.52. The molecule has 1 rings (SSSR count). The first-order valence-electron chi connectivity index (χ1n) is 5.46. The number of anilines is 1. The van der Waals surface area contributed by atoms with Crippen molar-refractivity contribution in [2.24, 2.45) is 0 Å². The van der Waals surface area contributed by atoms with E-state index in [4.69, 9.17) is 5.11 Å². The Morgan fingerprint density at radius 2 is 2.06 bits per heavy atom. The quantitative estimate of drug-likeness (QED) is 0.827. The lowest BCUT2D eigenvalue weighted by molar-refractivity contribution is -0.137. The fourth-order valence-corrected chi connectivity index (χ4v) is 1.68. The molecule has 0 atom stereocenters. The van der Waals surface area contributed by atoms with Gasteiger partial charge < -0.3 is 10.0 Å². The zero-order valence-electron chi connectivity index (χ0n) is 9.87. The van der Waals surface area contributed by atoms with Gasteiger partial charge in [-0.25, -0.2) is 0 Å². The van der Waals surface area contributed by atoms with E-state index in [1.54, 1.807) is 11.8 Å². The van der Waals surface area contributed by atoms with E-state index >= 15 is 0 Å². The summed E-state index contributed by atoms with van der Waals surface area (Å²) in [6.07, 6.45) is -4.38. The molecule has 0 amide bonds. The number of benzene rings is 1. The van der Waals surface area contributed by atoms with E-state index in [-0.39, 0.29) is 25.0 Å². The summed E-state index contributed by atoms with van der Waals surface area (Å²) in [5.74, 6) is 0. The summed E-state index contributed by atoms with van der Waals surface area (Å²) in [5, 5.41) is 8.84. The number of aliphatic hydroxyl groups is 1. The number of carbonyl (C=O) groups excluding carboxylic acids is 1. The van der Waals surface area contributed by atoms with E-state index in [1.165, 1.54) is 6.07 Å². The van der Waals surface area contributed by atoms with Crippen molar-refractivity contribution in [2.75, 3.05) is 24.6 Å². The molecule has 1 aromatic rings. The van der Waals surface area contributed by atoms with Gasteiger partial charge in [0.25, 0.3) is 0 Å². The van der Waals surface area contributed by atoms with E-state index in [9.17, 15) is 18.0 Å². The van der Waals surface area contributed by atoms with Gasteiger partial charge in [-0.15, -0.1) is 0 Å². The molecule has 100 valence electrons. The minimum Gasteiger partial charge on any atom is -0.395 e. The third-order valence-electron chi connectivity index (χ3n) is 2.59. The van der Waals surface area contributed by atoms with E-state index in [2.05, 4.69) is 0 Å². The first-order chi connectivity index (χ1) is 8.43. The highest BCUT2D eigenvalue weighted by molar-refractivity contribution is 5.79. The number of aldehydes is 1. The molecule has 0 aromatic heterocycles. The molecule has 0 unspecified atom stereocenters. The van der Waals surface area contributed by atoms with Gasteiger partial charge in [-0.2, -0.15) is 13.2 Å². The molecule has 1 aromatic carbocycles. The van der Waals surface area contributed by atoms with Gasteiger partial charge in [0.1, 0.15) is 0 Å². The minimum absolute atomic E-state index is 0.148. The fourth-order valence-electron chi connectivity index (χ4n) is 1.68. The fraction of sp³-hybridized carbons (Fsp3) is 0.417. The van der Waals surface area contributed by atoms with E-state index in [0.29, 0.717) is 12.2 Å². The second kappa shape index (κ2) is 5.86. The van der Waals surface area contributed by atoms with Gasteiger partial charge in [-0.3, -0.25) is 4.79 Å². The van der Waals surface area contributed by atoms with Crippen LogP contribution in [-0.2, 0) is 6.18 Å². The lowest BCUT2D eigenvalue weighted by atomic mass is 10.1. The highest BCUT2D eigenvalue weighted by Crippen LogP contribution is 2.34. The smallest absolute Gasteiger partial charge is 0.395 e. The van der Waals surface area contributed by atoms with Crippen LogP contribution < -0.4 is 4.90 Å². The molecule has 3 nitrogen and oxygen atoms in total. The van der Waals surface area contributed by atoms with Crippen LogP contribution in [0.15, 0.2) is 18.2 Å². The predicted molar refractivity (Wildman–Crippen MR) is 61.8 cm³/mol. The third kappa shape index (κ3) is 3.22. The summed E-state index contributed by atoms with van der Waals surface area (Å²) < 4.78 is 38.2. The van der Waals surface area contributed by atoms with Crippen molar-refractivity contribution in [3.63, 3.8) is 0 Å². The van der Waals surface area contributed by atoms with E-state index in [1.807, 2.05) is 0 Å². The number of hydrogen-bond acceptors (Lipinski definition) is 3. The lowest BCUT2D eigenvalue weighted by Crippen LogP contribution is -2.26. The Hall–Kier alpha value is -1.56. The lowest BCUT2D eigenvalue weighted by Gasteiger charge is -2.23. The Bertz CT molecular complexity index is 418. The van der Waals surface area contributed by atoms with Crippen molar-refractivity contribution >= 4 is 12.0 Å². The summed E-state index contributed by atoms with van der Waals surface area (Å²) in [6.45, 7) is 2.34. The zero-order chi connectivity index (χ0) is 13.8. The van der Waals surface area contributed by atoms with Crippen LogP contribution >= 0.6 is 0 Å². The van der Waals surface area contributed by atoms with Crippen LogP contribution in [0.3, 0.4) is 0 Å². The number of rotatable bonds is 5. The highest BCUT2D eigenvalue weighted by Gasteiger charge is 2.33. The highest BCUT2D eigenvalue weighted by atomic mass is 19.4. The summed E-state index contributed by atoms with van der Waals surface area (Å²) >= 11 is 0. The molecule has 0 aliphatic heterocycles. The van der Waals surface area contributed by atoms with Crippen molar-refractivity contribution in [2.45, 2.75) is 13.1 Å². The maximum Gasteiger partial charge on any atom is 0.417 e. The van der Waals surface area contributed by atoms with Gasteiger partial charge in [-0.1, -0.05) is 0 Å². The third-order valence-corrected chi connectivity index (χ3v) is 2.59. The number of alkyl halides is 3. The van der Waals surface area contributed by atoms with Crippen LogP contribution in [0, 0.1) is 0 Å². The SMILES string of the molecule is CCN(CCO)c1ccc(C=O)c(C(F)(F)F)c1. The molecule has 0 fully saturated rings. The van der Waals surface area contributed by atoms with Crippen LogP contribution in [0.5, 0.6) is 0 Å². The predicted octanol–water partition coefficient (Wildman–Crippen LogP) is 2.34. The van der Waals surface area contributed by atoms with Crippen molar-refractivity contribution < 1.29 is 23.1 Å². The van der Waals surface area contributed by atoms with Crippen molar-refractivity contribution in [1.29, 1.82) is 0 Å². The zero-order valence-corrected chi connectivity index (χ0v) is 9.87. The number of nitrogens with zero attached hydrogens (tertiary/aromatic N) is 1. The van der Waals surface area contributed by atoms with Crippen LogP contribution in [0.25, 0.3) is 0 Å². The van der Waals surface area contributed by atoms with Gasteiger partial charge in [0, 0.05) is 24.3 Å². The standard InChI is InChI=1S/C12H14F3NO2/c1-2-16(5-6-17)10-4-3-9(8-18)11(7-10)12(13,14)15/h3-4,7-8,17H,2,5-6H2,1H3. The molecular formula is C12H14F3NO2. The van der Waals surface area contributed by atoms with Gasteiger partial charge in [0.05, 0.1) is 12.2 Å². The number of aliphatic hydroxyl groups excluding tert-OH is 1. The van der Waals surface area contributed by atoms with Gasteiger partial charge >= 0.3 is 6.18 Å². The Morgan fingerprint density at radius 3 is 2.50 bits per heavy atom. The molecule has 0 spiro atoms. The molecule has 0 bridgehead atoms. The summed E-state index contributed by atoms with van der Waals surface area (Å²) in [5.41, 5.74) is -0.998. The number of hydrogen-bond donors (Lipinski definition) is 1. The van der Waals surface area contributed by atoms with Crippen LogP contribution in [0.4, 0.5) is 18.9 Å². The Morgan fingerprint density at radius 1 is 1.39 bits per heavy atom.